The first-order valence-corrected chi connectivity index (χ1v) is 8.31. The van der Waals surface area contributed by atoms with Gasteiger partial charge in [0.25, 0.3) is 0 Å². The third-order valence-corrected chi connectivity index (χ3v) is 6.38. The number of Topliss-reactive ketones (excluding diaryl/α,β-unsaturated/α-hetero) is 1. The van der Waals surface area contributed by atoms with Gasteiger partial charge in [0.05, 0.1) is 5.60 Å². The third kappa shape index (κ3) is 2.02. The topological polar surface area (TPSA) is 52.3 Å². The van der Waals surface area contributed by atoms with Gasteiger partial charge in [-0.05, 0) is 37.9 Å². The van der Waals surface area contributed by atoms with Gasteiger partial charge in [-0.3, -0.25) is 4.79 Å². The van der Waals surface area contributed by atoms with Crippen LogP contribution < -0.4 is 5.73 Å². The van der Waals surface area contributed by atoms with Gasteiger partial charge in [-0.15, -0.1) is 0 Å². The van der Waals surface area contributed by atoms with Gasteiger partial charge in [0.15, 0.2) is 0 Å². The molecule has 0 aromatic carbocycles. The lowest BCUT2D eigenvalue weighted by Crippen LogP contribution is -2.51. The van der Waals surface area contributed by atoms with E-state index in [-0.39, 0.29) is 16.9 Å². The van der Waals surface area contributed by atoms with Gasteiger partial charge >= 0.3 is 0 Å². The van der Waals surface area contributed by atoms with Gasteiger partial charge < -0.3 is 10.5 Å². The Morgan fingerprint density at radius 3 is 2.78 bits per heavy atom. The fourth-order valence-corrected chi connectivity index (χ4v) is 5.08. The molecule has 2 heterocycles. The van der Waals surface area contributed by atoms with E-state index in [2.05, 4.69) is 0 Å². The van der Waals surface area contributed by atoms with Crippen molar-refractivity contribution in [3.8, 4) is 0 Å². The molecular weight excluding hydrogens is 246 g/mol. The van der Waals surface area contributed by atoms with Crippen LogP contribution in [0.4, 0.5) is 0 Å². The Bertz CT molecular complexity index is 329. The molecule has 2 atom stereocenters. The van der Waals surface area contributed by atoms with Crippen LogP contribution in [0.25, 0.3) is 0 Å². The molecule has 1 aliphatic carbocycles. The molecule has 3 rings (SSSR count). The molecule has 2 saturated heterocycles. The van der Waals surface area contributed by atoms with Crippen molar-refractivity contribution in [1.82, 2.24) is 0 Å². The van der Waals surface area contributed by atoms with Crippen molar-refractivity contribution in [2.24, 2.45) is 17.1 Å². The minimum atomic E-state index is -0.158. The van der Waals surface area contributed by atoms with Gasteiger partial charge in [-0.2, -0.15) is 11.8 Å². The summed E-state index contributed by atoms with van der Waals surface area (Å²) in [5, 5.41) is 0. The minimum absolute atomic E-state index is 0.0166. The number of hydrogen-bond acceptors (Lipinski definition) is 4. The Morgan fingerprint density at radius 2 is 2.22 bits per heavy atom. The summed E-state index contributed by atoms with van der Waals surface area (Å²) in [5.74, 6) is 2.92. The Morgan fingerprint density at radius 1 is 1.39 bits per heavy atom. The monoisotopic (exact) mass is 269 g/mol. The van der Waals surface area contributed by atoms with Crippen LogP contribution in [-0.4, -0.2) is 36.0 Å². The number of nitrogens with two attached hydrogens (primary N) is 1. The fourth-order valence-electron chi connectivity index (χ4n) is 3.70. The summed E-state index contributed by atoms with van der Waals surface area (Å²) in [6.45, 7) is 1.31. The highest BCUT2D eigenvalue weighted by molar-refractivity contribution is 7.99. The quantitative estimate of drug-likeness (QED) is 0.851. The second-order valence-corrected chi connectivity index (χ2v) is 7.33. The molecule has 102 valence electrons. The highest BCUT2D eigenvalue weighted by Crippen LogP contribution is 2.47. The number of carbonyl (C=O) groups is 1. The van der Waals surface area contributed by atoms with Crippen molar-refractivity contribution in [1.29, 1.82) is 0 Å². The predicted octanol–water partition coefficient (Wildman–Crippen LogP) is 1.99. The van der Waals surface area contributed by atoms with Crippen molar-refractivity contribution in [2.75, 3.05) is 24.7 Å². The van der Waals surface area contributed by atoms with Crippen LogP contribution in [0.5, 0.6) is 0 Å². The molecule has 18 heavy (non-hydrogen) atoms. The van der Waals surface area contributed by atoms with Crippen molar-refractivity contribution < 1.29 is 9.53 Å². The summed E-state index contributed by atoms with van der Waals surface area (Å²) in [7, 11) is 0. The molecule has 0 radical (unpaired) electrons. The number of carbonyl (C=O) groups excluding carboxylic acids is 1. The smallest absolute Gasteiger partial charge is 0.143 e. The van der Waals surface area contributed by atoms with Gasteiger partial charge in [0.2, 0.25) is 0 Å². The second kappa shape index (κ2) is 4.80. The van der Waals surface area contributed by atoms with Crippen molar-refractivity contribution in [2.45, 2.75) is 44.1 Å². The van der Waals surface area contributed by atoms with Gasteiger partial charge in [-0.1, -0.05) is 6.42 Å². The molecule has 3 aliphatic rings. The van der Waals surface area contributed by atoms with E-state index in [0.29, 0.717) is 12.3 Å². The maximum atomic E-state index is 12.7. The first kappa shape index (κ1) is 12.9. The predicted molar refractivity (Wildman–Crippen MR) is 73.7 cm³/mol. The van der Waals surface area contributed by atoms with Crippen LogP contribution in [0.15, 0.2) is 0 Å². The third-order valence-electron chi connectivity index (χ3n) is 5.15. The highest BCUT2D eigenvalue weighted by Gasteiger charge is 2.49. The second-order valence-electron chi connectivity index (χ2n) is 6.23. The Labute approximate surface area is 113 Å². The van der Waals surface area contributed by atoms with E-state index in [1.807, 2.05) is 11.8 Å². The molecule has 0 bridgehead atoms. The first-order chi connectivity index (χ1) is 8.70. The molecule has 4 heteroatoms. The number of ether oxygens (including phenoxy) is 1. The van der Waals surface area contributed by atoms with Gasteiger partial charge in [0.1, 0.15) is 5.78 Å². The number of rotatable bonds is 3. The summed E-state index contributed by atoms with van der Waals surface area (Å²) in [5.41, 5.74) is 5.72. The van der Waals surface area contributed by atoms with Gasteiger partial charge in [0, 0.05) is 30.2 Å². The maximum absolute atomic E-state index is 12.7. The summed E-state index contributed by atoms with van der Waals surface area (Å²) in [4.78, 5) is 12.7. The van der Waals surface area contributed by atoms with E-state index < -0.39 is 0 Å². The number of thioether (sulfide) groups is 1. The SMILES string of the molecule is NCC1(C(=O)C2CCOC3(CCSC3)C2)CCC1. The van der Waals surface area contributed by atoms with E-state index >= 15 is 0 Å². The normalized spacial score (nSPS) is 38.6. The maximum Gasteiger partial charge on any atom is 0.143 e. The average Bonchev–Trinajstić information content (AvgIpc) is 2.76. The molecular formula is C14H23NO2S. The van der Waals surface area contributed by atoms with Gasteiger partial charge in [-0.25, -0.2) is 0 Å². The summed E-state index contributed by atoms with van der Waals surface area (Å²) >= 11 is 1.97. The first-order valence-electron chi connectivity index (χ1n) is 7.16. The number of hydrogen-bond donors (Lipinski definition) is 1. The Hall–Kier alpha value is -0.0600. The molecule has 2 aliphatic heterocycles. The van der Waals surface area contributed by atoms with Crippen LogP contribution in [0, 0.1) is 11.3 Å². The largest absolute Gasteiger partial charge is 0.374 e. The zero-order valence-electron chi connectivity index (χ0n) is 11.0. The lowest BCUT2D eigenvalue weighted by Gasteiger charge is -2.45. The molecule has 3 fully saturated rings. The summed E-state index contributed by atoms with van der Waals surface area (Å²) < 4.78 is 6.00. The van der Waals surface area contributed by atoms with Crippen molar-refractivity contribution in [3.63, 3.8) is 0 Å². The van der Waals surface area contributed by atoms with Crippen molar-refractivity contribution >= 4 is 17.5 Å². The van der Waals surface area contributed by atoms with E-state index in [1.165, 1.54) is 12.2 Å². The zero-order chi connectivity index (χ0) is 12.6. The zero-order valence-corrected chi connectivity index (χ0v) is 11.8. The van der Waals surface area contributed by atoms with Crippen molar-refractivity contribution in [3.05, 3.63) is 0 Å². The molecule has 1 saturated carbocycles. The lowest BCUT2D eigenvalue weighted by atomic mass is 9.61. The van der Waals surface area contributed by atoms with Crippen LogP contribution in [0.1, 0.15) is 38.5 Å². The molecule has 0 aromatic heterocycles. The molecule has 2 N–H and O–H groups in total. The molecule has 2 unspecified atom stereocenters. The molecule has 1 spiro atoms. The Balaban J connectivity index is 1.70. The molecule has 3 nitrogen and oxygen atoms in total. The summed E-state index contributed by atoms with van der Waals surface area (Å²) in [6.07, 6.45) is 6.18. The van der Waals surface area contributed by atoms with Crippen LogP contribution in [-0.2, 0) is 9.53 Å². The Kier molecular flexibility index (Phi) is 3.45. The lowest BCUT2D eigenvalue weighted by molar-refractivity contribution is -0.147. The van der Waals surface area contributed by atoms with E-state index in [0.717, 1.165) is 44.5 Å². The molecule has 0 amide bonds. The number of ketones is 1. The molecule has 0 aromatic rings. The average molecular weight is 269 g/mol. The van der Waals surface area contributed by atoms with Crippen LogP contribution in [0.2, 0.25) is 0 Å². The van der Waals surface area contributed by atoms with Crippen LogP contribution in [0.3, 0.4) is 0 Å². The minimum Gasteiger partial charge on any atom is -0.374 e. The van der Waals surface area contributed by atoms with Crippen LogP contribution >= 0.6 is 11.8 Å². The summed E-state index contributed by atoms with van der Waals surface area (Å²) in [6, 6.07) is 0. The highest BCUT2D eigenvalue weighted by atomic mass is 32.2. The standard InChI is InChI=1S/C14H23NO2S/c15-9-13(3-1-4-13)12(16)11-2-6-17-14(8-11)5-7-18-10-14/h11H,1-10,15H2. The van der Waals surface area contributed by atoms with E-state index in [4.69, 9.17) is 10.5 Å². The fraction of sp³-hybridized carbons (Fsp3) is 0.929. The van der Waals surface area contributed by atoms with E-state index in [1.54, 1.807) is 0 Å². The van der Waals surface area contributed by atoms with E-state index in [9.17, 15) is 4.79 Å².